The summed E-state index contributed by atoms with van der Waals surface area (Å²) in [6.07, 6.45) is 0.980. The second-order valence-corrected chi connectivity index (χ2v) is 9.18. The largest absolute Gasteiger partial charge is 0.454 e. The third-order valence-corrected chi connectivity index (χ3v) is 6.04. The van der Waals surface area contributed by atoms with Crippen molar-refractivity contribution in [3.63, 3.8) is 0 Å². The molecule has 2 aromatic rings. The third-order valence-electron chi connectivity index (χ3n) is 5.81. The van der Waals surface area contributed by atoms with E-state index in [0.717, 1.165) is 11.4 Å². The lowest BCUT2D eigenvalue weighted by molar-refractivity contribution is -0.385. The molecule has 160 valence electrons. The van der Waals surface area contributed by atoms with Crippen molar-refractivity contribution in [3.8, 4) is 11.5 Å². The Morgan fingerprint density at radius 1 is 1.13 bits per heavy atom. The Kier molecular flexibility index (Phi) is 4.37. The molecule has 8 nitrogen and oxygen atoms in total. The molecule has 3 aliphatic rings. The van der Waals surface area contributed by atoms with Crippen molar-refractivity contribution in [3.05, 3.63) is 62.3 Å². The van der Waals surface area contributed by atoms with Gasteiger partial charge < -0.3 is 20.1 Å². The molecule has 0 aromatic heterocycles. The van der Waals surface area contributed by atoms with Crippen LogP contribution in [-0.2, 0) is 4.79 Å². The van der Waals surface area contributed by atoms with Gasteiger partial charge >= 0.3 is 0 Å². The van der Waals surface area contributed by atoms with Crippen LogP contribution in [0.15, 0.2) is 41.6 Å². The van der Waals surface area contributed by atoms with Gasteiger partial charge in [-0.05, 0) is 36.1 Å². The maximum Gasteiger partial charge on any atom is 0.279 e. The fraction of sp³-hybridized carbons (Fsp3) is 0.318. The number of hydrogen-bond acceptors (Lipinski definition) is 7. The number of nitrogens with one attached hydrogen (secondary N) is 2. The molecular weight excluding hydrogens is 422 g/mol. The second-order valence-electron chi connectivity index (χ2n) is 8.75. The zero-order chi connectivity index (χ0) is 21.9. The van der Waals surface area contributed by atoms with E-state index in [9.17, 15) is 14.9 Å². The predicted octanol–water partition coefficient (Wildman–Crippen LogP) is 5.20. The van der Waals surface area contributed by atoms with E-state index in [0.29, 0.717) is 46.2 Å². The van der Waals surface area contributed by atoms with Crippen molar-refractivity contribution >= 4 is 34.4 Å². The molecule has 2 N–H and O–H groups in total. The van der Waals surface area contributed by atoms with Crippen LogP contribution in [0.4, 0.5) is 17.1 Å². The monoisotopic (exact) mass is 441 g/mol. The standard InChI is InChI=1S/C22H20ClN3O5/c1-22(2)8-15-20(17(27)9-22)21(25-14-5-11(23)3-4-13(14)24-15)12-6-18-19(31-10-30-18)7-16(12)26(28)29/h3-7,21,24-25H,8-10H2,1-2H3. The molecule has 0 radical (unpaired) electrons. The maximum atomic E-state index is 13.3. The summed E-state index contributed by atoms with van der Waals surface area (Å²) in [5.74, 6) is 0.676. The Hall–Kier alpha value is -3.26. The summed E-state index contributed by atoms with van der Waals surface area (Å²) in [5, 5.41) is 19.2. The average Bonchev–Trinajstić information content (AvgIpc) is 3.07. The molecular formula is C22H20ClN3O5. The minimum Gasteiger partial charge on any atom is -0.454 e. The first-order valence-electron chi connectivity index (χ1n) is 9.89. The van der Waals surface area contributed by atoms with Crippen molar-refractivity contribution < 1.29 is 19.2 Å². The number of hydrogen-bond donors (Lipinski definition) is 2. The summed E-state index contributed by atoms with van der Waals surface area (Å²) in [7, 11) is 0. The highest BCUT2D eigenvalue weighted by Gasteiger charge is 2.41. The van der Waals surface area contributed by atoms with Crippen molar-refractivity contribution in [1.82, 2.24) is 0 Å². The number of nitrogens with zero attached hydrogens (tertiary/aromatic N) is 1. The SMILES string of the molecule is CC1(C)CC(=O)C2=C(C1)Nc1ccc(Cl)cc1NC2c1cc2c(cc1[N+](=O)[O-])OCO2. The van der Waals surface area contributed by atoms with E-state index in [2.05, 4.69) is 10.6 Å². The molecule has 0 spiro atoms. The number of anilines is 2. The number of Topliss-reactive ketones (excluding diaryl/α,β-unsaturated/α-hetero) is 1. The lowest BCUT2D eigenvalue weighted by Gasteiger charge is -2.34. The van der Waals surface area contributed by atoms with E-state index in [-0.39, 0.29) is 23.7 Å². The highest BCUT2D eigenvalue weighted by Crippen LogP contribution is 2.49. The third kappa shape index (κ3) is 3.37. The van der Waals surface area contributed by atoms with Crippen LogP contribution in [0, 0.1) is 15.5 Å². The quantitative estimate of drug-likeness (QED) is 0.487. The lowest BCUT2D eigenvalue weighted by Crippen LogP contribution is -2.31. The first-order chi connectivity index (χ1) is 14.7. The van der Waals surface area contributed by atoms with Crippen LogP contribution in [0.1, 0.15) is 38.3 Å². The molecule has 31 heavy (non-hydrogen) atoms. The van der Waals surface area contributed by atoms with E-state index in [1.807, 2.05) is 19.9 Å². The molecule has 2 aromatic carbocycles. The Morgan fingerprint density at radius 2 is 1.87 bits per heavy atom. The summed E-state index contributed by atoms with van der Waals surface area (Å²) >= 11 is 6.22. The van der Waals surface area contributed by atoms with Crippen LogP contribution in [0.25, 0.3) is 0 Å². The van der Waals surface area contributed by atoms with Gasteiger partial charge in [0.25, 0.3) is 5.69 Å². The fourth-order valence-corrected chi connectivity index (χ4v) is 4.66. The van der Waals surface area contributed by atoms with Crippen molar-refractivity contribution in [2.45, 2.75) is 32.7 Å². The number of allylic oxidation sites excluding steroid dienone is 1. The summed E-state index contributed by atoms with van der Waals surface area (Å²) in [4.78, 5) is 24.8. The van der Waals surface area contributed by atoms with Gasteiger partial charge in [0.05, 0.1) is 34.0 Å². The van der Waals surface area contributed by atoms with Crippen LogP contribution in [0.3, 0.4) is 0 Å². The molecule has 1 atom stereocenters. The Labute approximate surface area is 183 Å². The molecule has 5 rings (SSSR count). The summed E-state index contributed by atoms with van der Waals surface area (Å²) < 4.78 is 10.8. The topological polar surface area (TPSA) is 103 Å². The highest BCUT2D eigenvalue weighted by molar-refractivity contribution is 6.31. The van der Waals surface area contributed by atoms with Gasteiger partial charge in [0.2, 0.25) is 6.79 Å². The van der Waals surface area contributed by atoms with Gasteiger partial charge in [-0.3, -0.25) is 14.9 Å². The Bertz CT molecular complexity index is 1170. The molecule has 0 fully saturated rings. The smallest absolute Gasteiger partial charge is 0.279 e. The minimum absolute atomic E-state index is 0.00486. The number of carbonyl (C=O) groups is 1. The number of ketones is 1. The van der Waals surface area contributed by atoms with Gasteiger partial charge in [-0.15, -0.1) is 0 Å². The highest BCUT2D eigenvalue weighted by atomic mass is 35.5. The summed E-state index contributed by atoms with van der Waals surface area (Å²) in [5.41, 5.74) is 2.63. The molecule has 2 heterocycles. The van der Waals surface area contributed by atoms with Gasteiger partial charge in [-0.25, -0.2) is 0 Å². The molecule has 0 amide bonds. The number of ether oxygens (including phenoxy) is 2. The molecule has 1 aliphatic carbocycles. The summed E-state index contributed by atoms with van der Waals surface area (Å²) in [6, 6.07) is 7.52. The van der Waals surface area contributed by atoms with Gasteiger partial charge in [0.1, 0.15) is 0 Å². The fourth-order valence-electron chi connectivity index (χ4n) is 4.49. The zero-order valence-electron chi connectivity index (χ0n) is 17.0. The van der Waals surface area contributed by atoms with Crippen LogP contribution >= 0.6 is 11.6 Å². The zero-order valence-corrected chi connectivity index (χ0v) is 17.7. The van der Waals surface area contributed by atoms with E-state index in [1.165, 1.54) is 6.07 Å². The second kappa shape index (κ2) is 6.88. The normalized spacial score (nSPS) is 20.9. The van der Waals surface area contributed by atoms with Crippen molar-refractivity contribution in [2.24, 2.45) is 5.41 Å². The first-order valence-corrected chi connectivity index (χ1v) is 10.3. The molecule has 9 heteroatoms. The molecule has 0 saturated heterocycles. The first kappa shape index (κ1) is 19.7. The van der Waals surface area contributed by atoms with Crippen LogP contribution in [-0.4, -0.2) is 17.5 Å². The Balaban J connectivity index is 1.74. The number of nitro groups is 1. The van der Waals surface area contributed by atoms with Crippen LogP contribution < -0.4 is 20.1 Å². The number of carbonyl (C=O) groups excluding carboxylic acids is 1. The van der Waals surface area contributed by atoms with E-state index >= 15 is 0 Å². The number of rotatable bonds is 2. The number of nitro benzene ring substituents is 1. The van der Waals surface area contributed by atoms with Crippen LogP contribution in [0.5, 0.6) is 11.5 Å². The summed E-state index contributed by atoms with van der Waals surface area (Å²) in [6.45, 7) is 4.07. The van der Waals surface area contributed by atoms with E-state index < -0.39 is 11.0 Å². The van der Waals surface area contributed by atoms with Gasteiger partial charge in [0.15, 0.2) is 17.3 Å². The molecule has 2 aliphatic heterocycles. The van der Waals surface area contributed by atoms with Crippen molar-refractivity contribution in [2.75, 3.05) is 17.4 Å². The lowest BCUT2D eigenvalue weighted by atomic mass is 9.73. The van der Waals surface area contributed by atoms with Crippen LogP contribution in [0.2, 0.25) is 5.02 Å². The molecule has 1 unspecified atom stereocenters. The predicted molar refractivity (Wildman–Crippen MR) is 116 cm³/mol. The minimum atomic E-state index is -0.749. The number of benzene rings is 2. The number of halogens is 1. The maximum absolute atomic E-state index is 13.3. The number of fused-ring (bicyclic) bond motifs is 2. The molecule has 0 bridgehead atoms. The van der Waals surface area contributed by atoms with Gasteiger partial charge in [-0.2, -0.15) is 0 Å². The van der Waals surface area contributed by atoms with E-state index in [1.54, 1.807) is 18.2 Å². The van der Waals surface area contributed by atoms with Gasteiger partial charge in [-0.1, -0.05) is 25.4 Å². The Morgan fingerprint density at radius 3 is 2.61 bits per heavy atom. The van der Waals surface area contributed by atoms with Gasteiger partial charge in [0, 0.05) is 22.7 Å². The molecule has 0 saturated carbocycles. The van der Waals surface area contributed by atoms with Crippen molar-refractivity contribution in [1.29, 1.82) is 0 Å². The average molecular weight is 442 g/mol. The van der Waals surface area contributed by atoms with E-state index in [4.69, 9.17) is 21.1 Å².